The van der Waals surface area contributed by atoms with Crippen molar-refractivity contribution in [2.45, 2.75) is 57.0 Å². The summed E-state index contributed by atoms with van der Waals surface area (Å²) in [6.45, 7) is 3.42. The van der Waals surface area contributed by atoms with Crippen LogP contribution < -0.4 is 5.32 Å². The predicted octanol–water partition coefficient (Wildman–Crippen LogP) is 0.984. The fourth-order valence-corrected chi connectivity index (χ4v) is 3.29. The van der Waals surface area contributed by atoms with Crippen molar-refractivity contribution >= 4 is 11.9 Å². The molecule has 1 amide bonds. The van der Waals surface area contributed by atoms with Crippen molar-refractivity contribution in [2.75, 3.05) is 13.1 Å². The van der Waals surface area contributed by atoms with Crippen molar-refractivity contribution in [3.8, 4) is 0 Å². The summed E-state index contributed by atoms with van der Waals surface area (Å²) in [7, 11) is 0. The Morgan fingerprint density at radius 2 is 2.22 bits per heavy atom. The minimum atomic E-state index is -0.948. The molecule has 2 heterocycles. The van der Waals surface area contributed by atoms with Gasteiger partial charge in [0.05, 0.1) is 6.04 Å². The highest BCUT2D eigenvalue weighted by Crippen LogP contribution is 2.35. The van der Waals surface area contributed by atoms with Crippen LogP contribution in [0, 0.1) is 0 Å². The zero-order valence-corrected chi connectivity index (χ0v) is 10.9. The van der Waals surface area contributed by atoms with Crippen LogP contribution in [0.5, 0.6) is 0 Å². The number of aliphatic carboxylic acids is 1. The third-order valence-corrected chi connectivity index (χ3v) is 4.17. The molecule has 0 radical (unpaired) electrons. The van der Waals surface area contributed by atoms with Crippen LogP contribution in [-0.2, 0) is 9.59 Å². The van der Waals surface area contributed by atoms with Crippen LogP contribution in [0.1, 0.15) is 45.4 Å². The van der Waals surface area contributed by atoms with E-state index >= 15 is 0 Å². The molecule has 2 rings (SSSR count). The third kappa shape index (κ3) is 2.11. The maximum Gasteiger partial charge on any atom is 0.329 e. The van der Waals surface area contributed by atoms with Crippen LogP contribution in [0.25, 0.3) is 0 Å². The van der Waals surface area contributed by atoms with Crippen molar-refractivity contribution in [3.63, 3.8) is 0 Å². The summed E-state index contributed by atoms with van der Waals surface area (Å²) >= 11 is 0. The monoisotopic (exact) mass is 254 g/mol. The molecule has 5 nitrogen and oxygen atoms in total. The second-order valence-corrected chi connectivity index (χ2v) is 5.33. The summed E-state index contributed by atoms with van der Waals surface area (Å²) < 4.78 is 0. The van der Waals surface area contributed by atoms with Gasteiger partial charge >= 0.3 is 5.97 Å². The van der Waals surface area contributed by atoms with Crippen molar-refractivity contribution < 1.29 is 14.7 Å². The highest BCUT2D eigenvalue weighted by Gasteiger charge is 2.50. The van der Waals surface area contributed by atoms with Crippen molar-refractivity contribution in [3.05, 3.63) is 0 Å². The molecule has 2 aliphatic rings. The standard InChI is InChI=1S/C13H22N2O3/c1-2-6-13(12(17)18)7-4-9-15(13)11(16)10-5-3-8-14-10/h10,14H,2-9H2,1H3,(H,17,18)/t10-,13?/m0/s1. The van der Waals surface area contributed by atoms with Crippen LogP contribution >= 0.6 is 0 Å². The Hall–Kier alpha value is -1.10. The fraction of sp³-hybridized carbons (Fsp3) is 0.846. The first-order valence-electron chi connectivity index (χ1n) is 6.90. The zero-order valence-electron chi connectivity index (χ0n) is 10.9. The summed E-state index contributed by atoms with van der Waals surface area (Å²) in [5, 5.41) is 12.7. The van der Waals surface area contributed by atoms with Gasteiger partial charge in [-0.15, -0.1) is 0 Å². The maximum atomic E-state index is 12.4. The Morgan fingerprint density at radius 3 is 2.78 bits per heavy atom. The van der Waals surface area contributed by atoms with Gasteiger partial charge in [-0.3, -0.25) is 4.79 Å². The van der Waals surface area contributed by atoms with Gasteiger partial charge in [0.15, 0.2) is 0 Å². The Labute approximate surface area is 108 Å². The average molecular weight is 254 g/mol. The van der Waals surface area contributed by atoms with Crippen LogP contribution in [-0.4, -0.2) is 46.6 Å². The van der Waals surface area contributed by atoms with Gasteiger partial charge in [-0.25, -0.2) is 4.79 Å². The zero-order chi connectivity index (χ0) is 13.2. The quantitative estimate of drug-likeness (QED) is 0.785. The van der Waals surface area contributed by atoms with Gasteiger partial charge < -0.3 is 15.3 Å². The van der Waals surface area contributed by atoms with E-state index in [0.29, 0.717) is 19.4 Å². The lowest BCUT2D eigenvalue weighted by Crippen LogP contribution is -2.56. The molecule has 2 aliphatic heterocycles. The molecule has 18 heavy (non-hydrogen) atoms. The summed E-state index contributed by atoms with van der Waals surface area (Å²) in [5.74, 6) is -0.853. The summed E-state index contributed by atoms with van der Waals surface area (Å²) in [5.41, 5.74) is -0.948. The molecular weight excluding hydrogens is 232 g/mol. The fourth-order valence-electron chi connectivity index (χ4n) is 3.29. The largest absolute Gasteiger partial charge is 0.479 e. The van der Waals surface area contributed by atoms with Gasteiger partial charge in [-0.05, 0) is 38.6 Å². The van der Waals surface area contributed by atoms with E-state index in [1.807, 2.05) is 6.92 Å². The first-order valence-corrected chi connectivity index (χ1v) is 6.90. The van der Waals surface area contributed by atoms with Gasteiger partial charge in [0.2, 0.25) is 5.91 Å². The number of rotatable bonds is 4. The molecule has 0 bridgehead atoms. The van der Waals surface area contributed by atoms with E-state index < -0.39 is 11.5 Å². The van der Waals surface area contributed by atoms with Gasteiger partial charge in [-0.1, -0.05) is 13.3 Å². The molecule has 0 saturated carbocycles. The van der Waals surface area contributed by atoms with Gasteiger partial charge in [0.1, 0.15) is 5.54 Å². The lowest BCUT2D eigenvalue weighted by molar-refractivity contribution is -0.157. The summed E-state index contributed by atoms with van der Waals surface area (Å²) in [6.07, 6.45) is 4.56. The van der Waals surface area contributed by atoms with Crippen molar-refractivity contribution in [1.82, 2.24) is 10.2 Å². The molecule has 102 valence electrons. The molecule has 2 fully saturated rings. The van der Waals surface area contributed by atoms with Crippen LogP contribution in [0.4, 0.5) is 0 Å². The second-order valence-electron chi connectivity index (χ2n) is 5.33. The normalized spacial score (nSPS) is 31.8. The highest BCUT2D eigenvalue weighted by molar-refractivity contribution is 5.90. The Balaban J connectivity index is 2.18. The van der Waals surface area contributed by atoms with E-state index in [4.69, 9.17) is 0 Å². The van der Waals surface area contributed by atoms with Crippen LogP contribution in [0.2, 0.25) is 0 Å². The minimum Gasteiger partial charge on any atom is -0.479 e. The average Bonchev–Trinajstić information content (AvgIpc) is 2.98. The second kappa shape index (κ2) is 5.26. The summed E-state index contributed by atoms with van der Waals surface area (Å²) in [6, 6.07) is -0.168. The molecule has 0 spiro atoms. The van der Waals surface area contributed by atoms with Crippen molar-refractivity contribution in [1.29, 1.82) is 0 Å². The molecule has 2 atom stereocenters. The van der Waals surface area contributed by atoms with Crippen LogP contribution in [0.3, 0.4) is 0 Å². The maximum absolute atomic E-state index is 12.4. The number of amides is 1. The molecule has 0 aromatic carbocycles. The molecule has 2 N–H and O–H groups in total. The van der Waals surface area contributed by atoms with E-state index in [9.17, 15) is 14.7 Å². The van der Waals surface area contributed by atoms with E-state index in [1.165, 1.54) is 0 Å². The molecular formula is C13H22N2O3. The number of nitrogens with one attached hydrogen (secondary N) is 1. The number of carboxylic acids is 1. The number of hydrogen-bond donors (Lipinski definition) is 2. The number of nitrogens with zero attached hydrogens (tertiary/aromatic N) is 1. The smallest absolute Gasteiger partial charge is 0.329 e. The molecule has 0 aliphatic carbocycles. The van der Waals surface area contributed by atoms with E-state index in [-0.39, 0.29) is 11.9 Å². The molecule has 5 heteroatoms. The number of carbonyl (C=O) groups excluding carboxylic acids is 1. The predicted molar refractivity (Wildman–Crippen MR) is 67.2 cm³/mol. The molecule has 0 aromatic rings. The Morgan fingerprint density at radius 1 is 1.44 bits per heavy atom. The van der Waals surface area contributed by atoms with Crippen LogP contribution in [0.15, 0.2) is 0 Å². The van der Waals surface area contributed by atoms with E-state index in [1.54, 1.807) is 4.90 Å². The van der Waals surface area contributed by atoms with Gasteiger partial charge in [0, 0.05) is 6.54 Å². The number of likely N-dealkylation sites (tertiary alicyclic amines) is 1. The number of carboxylic acid groups (broad SMARTS) is 1. The Bertz CT molecular complexity index is 339. The lowest BCUT2D eigenvalue weighted by atomic mass is 9.90. The van der Waals surface area contributed by atoms with Gasteiger partial charge in [0.25, 0.3) is 0 Å². The third-order valence-electron chi connectivity index (χ3n) is 4.17. The lowest BCUT2D eigenvalue weighted by Gasteiger charge is -2.36. The first-order chi connectivity index (χ1) is 8.62. The van der Waals surface area contributed by atoms with E-state index in [0.717, 1.165) is 32.2 Å². The molecule has 1 unspecified atom stereocenters. The Kier molecular flexibility index (Phi) is 3.90. The SMILES string of the molecule is CCCC1(C(=O)O)CCCN1C(=O)[C@@H]1CCCN1. The van der Waals surface area contributed by atoms with E-state index in [2.05, 4.69) is 5.32 Å². The molecule has 0 aromatic heterocycles. The number of carbonyl (C=O) groups is 2. The van der Waals surface area contributed by atoms with Crippen molar-refractivity contribution in [2.24, 2.45) is 0 Å². The van der Waals surface area contributed by atoms with Gasteiger partial charge in [-0.2, -0.15) is 0 Å². The molecule has 2 saturated heterocycles. The summed E-state index contributed by atoms with van der Waals surface area (Å²) in [4.78, 5) is 25.7. The number of hydrogen-bond acceptors (Lipinski definition) is 3. The highest BCUT2D eigenvalue weighted by atomic mass is 16.4. The first kappa shape index (κ1) is 13.3. The minimum absolute atomic E-state index is 0.0131. The topological polar surface area (TPSA) is 69.6 Å².